The summed E-state index contributed by atoms with van der Waals surface area (Å²) in [5.74, 6) is -0.144. The summed E-state index contributed by atoms with van der Waals surface area (Å²) in [5, 5.41) is 10.2. The van der Waals surface area contributed by atoms with Crippen LogP contribution in [0.15, 0.2) is 41.9 Å². The van der Waals surface area contributed by atoms with E-state index in [1.54, 1.807) is 24.4 Å². The summed E-state index contributed by atoms with van der Waals surface area (Å²) in [6.45, 7) is 3.51. The third-order valence-electron chi connectivity index (χ3n) is 4.90. The predicted octanol–water partition coefficient (Wildman–Crippen LogP) is 6.28. The molecule has 0 saturated heterocycles. The maximum Gasteiger partial charge on any atom is 0.221 e. The molecule has 4 rings (SSSR count). The number of aromatic nitrogens is 2. The van der Waals surface area contributed by atoms with Crippen LogP contribution in [-0.2, 0) is 4.79 Å². The van der Waals surface area contributed by atoms with Gasteiger partial charge in [-0.25, -0.2) is 14.4 Å². The fourth-order valence-electron chi connectivity index (χ4n) is 3.12. The minimum Gasteiger partial charge on any atom is -0.441 e. The highest BCUT2D eigenvalue weighted by atomic mass is 35.5. The smallest absolute Gasteiger partial charge is 0.221 e. The number of nitrogens with zero attached hydrogens (tertiary/aromatic N) is 2. The highest BCUT2D eigenvalue weighted by Crippen LogP contribution is 2.51. The Morgan fingerprint density at radius 1 is 1.29 bits per heavy atom. The number of rotatable bonds is 6. The Labute approximate surface area is 189 Å². The van der Waals surface area contributed by atoms with Gasteiger partial charge in [0, 0.05) is 30.6 Å². The van der Waals surface area contributed by atoms with E-state index in [2.05, 4.69) is 27.0 Å². The van der Waals surface area contributed by atoms with Gasteiger partial charge in [-0.3, -0.25) is 4.79 Å². The zero-order valence-corrected chi connectivity index (χ0v) is 19.5. The van der Waals surface area contributed by atoms with Crippen molar-refractivity contribution in [2.45, 2.75) is 26.2 Å². The van der Waals surface area contributed by atoms with Crippen LogP contribution in [0, 0.1) is 5.82 Å². The van der Waals surface area contributed by atoms with Gasteiger partial charge >= 0.3 is 0 Å². The highest BCUT2D eigenvalue weighted by Gasteiger charge is 2.26. The number of thiazole rings is 1. The first-order valence-corrected chi connectivity index (χ1v) is 13.1. The Balaban J connectivity index is 1.56. The van der Waals surface area contributed by atoms with Gasteiger partial charge < -0.3 is 14.9 Å². The Bertz CT molecular complexity index is 1180. The first-order valence-electron chi connectivity index (χ1n) is 9.67. The Hall–Kier alpha value is -2.41. The SMILES string of the molecule is CC(=O)Nc1ccc(OP(C)(Nc2nc(-c3ccc(Cl)c(F)c3)cs2)=C2CCC2)nc1. The van der Waals surface area contributed by atoms with Crippen molar-refractivity contribution in [3.05, 3.63) is 52.7 Å². The van der Waals surface area contributed by atoms with Gasteiger partial charge in [0.15, 0.2) is 5.13 Å². The van der Waals surface area contributed by atoms with Crippen molar-refractivity contribution in [1.29, 1.82) is 0 Å². The number of carbonyl (C=O) groups excluding carboxylic acids is 1. The number of carbonyl (C=O) groups is 1. The molecule has 2 N–H and O–H groups in total. The van der Waals surface area contributed by atoms with E-state index in [1.807, 2.05) is 5.38 Å². The van der Waals surface area contributed by atoms with E-state index in [0.717, 1.165) is 19.3 Å². The molecule has 2 aromatic heterocycles. The topological polar surface area (TPSA) is 76.1 Å². The van der Waals surface area contributed by atoms with Crippen molar-refractivity contribution in [2.24, 2.45) is 0 Å². The number of anilines is 2. The molecular weight excluding hydrogens is 458 g/mol. The van der Waals surface area contributed by atoms with Crippen LogP contribution in [0.5, 0.6) is 5.88 Å². The second kappa shape index (κ2) is 8.99. The summed E-state index contributed by atoms with van der Waals surface area (Å²) in [6.07, 6.45) is 4.71. The monoisotopic (exact) mass is 478 g/mol. The fourth-order valence-corrected chi connectivity index (χ4v) is 6.94. The molecule has 0 aliphatic heterocycles. The summed E-state index contributed by atoms with van der Waals surface area (Å²) in [4.78, 5) is 20.2. The third kappa shape index (κ3) is 5.09. The maximum atomic E-state index is 13.8. The molecule has 1 amide bonds. The largest absolute Gasteiger partial charge is 0.441 e. The number of nitrogens with one attached hydrogen (secondary N) is 2. The minimum atomic E-state index is -2.19. The molecule has 1 atom stereocenters. The van der Waals surface area contributed by atoms with Gasteiger partial charge in [-0.15, -0.1) is 11.3 Å². The molecular formula is C21H21ClFN4O2PS. The summed E-state index contributed by atoms with van der Waals surface area (Å²) >= 11 is 7.22. The third-order valence-corrected chi connectivity index (χ3v) is 8.96. The lowest BCUT2D eigenvalue weighted by molar-refractivity contribution is -0.114. The van der Waals surface area contributed by atoms with Crippen molar-refractivity contribution in [3.63, 3.8) is 0 Å². The lowest BCUT2D eigenvalue weighted by atomic mass is 10.0. The van der Waals surface area contributed by atoms with E-state index in [0.29, 0.717) is 28.0 Å². The quantitative estimate of drug-likeness (QED) is 0.408. The molecule has 3 aromatic rings. The van der Waals surface area contributed by atoms with E-state index in [4.69, 9.17) is 16.1 Å². The number of hydrogen-bond donors (Lipinski definition) is 2. The maximum absolute atomic E-state index is 13.8. The number of benzene rings is 1. The summed E-state index contributed by atoms with van der Waals surface area (Å²) in [7, 11) is -2.19. The van der Waals surface area contributed by atoms with Crippen LogP contribution in [-0.4, -0.2) is 27.8 Å². The number of halogens is 2. The molecule has 0 radical (unpaired) electrons. The average molecular weight is 479 g/mol. The average Bonchev–Trinajstić information content (AvgIpc) is 3.11. The Morgan fingerprint density at radius 2 is 2.10 bits per heavy atom. The highest BCUT2D eigenvalue weighted by molar-refractivity contribution is 7.73. The van der Waals surface area contributed by atoms with Gasteiger partial charge in [0.25, 0.3) is 0 Å². The standard InChI is InChI=1S/C21H21ClFN4O2PS/c1-13(28)25-15-7-9-20(24-11-15)29-30(2,16-4-3-5-16)27-21-26-19(12-31-21)14-6-8-17(22)18(23)10-14/h6-12H,3-5H2,1-2H3,(H,25,28)(H,26,27). The van der Waals surface area contributed by atoms with Gasteiger partial charge in [-0.05, 0) is 42.8 Å². The number of amides is 1. The van der Waals surface area contributed by atoms with Gasteiger partial charge in [0.2, 0.25) is 11.8 Å². The molecule has 31 heavy (non-hydrogen) atoms. The lowest BCUT2D eigenvalue weighted by Gasteiger charge is -2.31. The molecule has 6 nitrogen and oxygen atoms in total. The van der Waals surface area contributed by atoms with Crippen LogP contribution in [0.1, 0.15) is 26.2 Å². The van der Waals surface area contributed by atoms with Gasteiger partial charge in [-0.2, -0.15) is 0 Å². The molecule has 0 bridgehead atoms. The van der Waals surface area contributed by atoms with E-state index >= 15 is 0 Å². The summed E-state index contributed by atoms with van der Waals surface area (Å²) in [5.41, 5.74) is 1.95. The van der Waals surface area contributed by atoms with Gasteiger partial charge in [0.1, 0.15) is 13.1 Å². The van der Waals surface area contributed by atoms with Crippen LogP contribution in [0.3, 0.4) is 0 Å². The van der Waals surface area contributed by atoms with Gasteiger partial charge in [-0.1, -0.05) is 17.7 Å². The fraction of sp³-hybridized carbons (Fsp3) is 0.238. The van der Waals surface area contributed by atoms with Crippen molar-refractivity contribution < 1.29 is 13.7 Å². The van der Waals surface area contributed by atoms with Crippen molar-refractivity contribution >= 4 is 52.2 Å². The molecule has 1 fully saturated rings. The van der Waals surface area contributed by atoms with E-state index in [-0.39, 0.29) is 10.9 Å². The molecule has 1 aliphatic rings. The lowest BCUT2D eigenvalue weighted by Crippen LogP contribution is -2.19. The van der Waals surface area contributed by atoms with Crippen LogP contribution in [0.4, 0.5) is 15.2 Å². The molecule has 1 saturated carbocycles. The second-order valence-electron chi connectivity index (χ2n) is 7.28. The second-order valence-corrected chi connectivity index (χ2v) is 11.4. The molecule has 1 unspecified atom stereocenters. The summed E-state index contributed by atoms with van der Waals surface area (Å²) < 4.78 is 20.2. The van der Waals surface area contributed by atoms with Crippen molar-refractivity contribution in [2.75, 3.05) is 17.1 Å². The summed E-state index contributed by atoms with van der Waals surface area (Å²) in [6, 6.07) is 8.16. The Kier molecular flexibility index (Phi) is 6.32. The van der Waals surface area contributed by atoms with Crippen molar-refractivity contribution in [3.8, 4) is 17.1 Å². The van der Waals surface area contributed by atoms with Crippen molar-refractivity contribution in [1.82, 2.24) is 9.97 Å². The minimum absolute atomic E-state index is 0.0858. The molecule has 162 valence electrons. The van der Waals surface area contributed by atoms with E-state index in [9.17, 15) is 9.18 Å². The zero-order chi connectivity index (χ0) is 22.0. The number of pyridine rings is 1. The molecule has 0 spiro atoms. The Morgan fingerprint density at radius 3 is 2.71 bits per heavy atom. The van der Waals surface area contributed by atoms with Crippen LogP contribution in [0.25, 0.3) is 11.3 Å². The molecule has 1 aromatic carbocycles. The van der Waals surface area contributed by atoms with E-state index in [1.165, 1.54) is 35.7 Å². The first kappa shape index (κ1) is 21.8. The zero-order valence-electron chi connectivity index (χ0n) is 17.0. The predicted molar refractivity (Wildman–Crippen MR) is 127 cm³/mol. The molecule has 1 aliphatic carbocycles. The molecule has 10 heteroatoms. The van der Waals surface area contributed by atoms with E-state index < -0.39 is 13.1 Å². The van der Waals surface area contributed by atoms with Crippen LogP contribution in [0.2, 0.25) is 5.02 Å². The van der Waals surface area contributed by atoms with Gasteiger partial charge in [0.05, 0.1) is 22.6 Å². The number of hydrogen-bond acceptors (Lipinski definition) is 6. The van der Waals surface area contributed by atoms with Crippen LogP contribution < -0.4 is 14.9 Å². The first-order chi connectivity index (χ1) is 14.8. The van der Waals surface area contributed by atoms with Crippen LogP contribution >= 0.6 is 30.2 Å². The normalized spacial score (nSPS) is 15.0. The molecule has 2 heterocycles.